The molecule has 0 fully saturated rings. The monoisotopic (exact) mass is 981 g/mol. The highest BCUT2D eigenvalue weighted by atomic mass is 31.3. The summed E-state index contributed by atoms with van der Waals surface area (Å²) in [5, 5.41) is 0. The normalized spacial score (nSPS) is 16.9. The van der Waals surface area contributed by atoms with Crippen LogP contribution in [0.2, 0.25) is 0 Å². The van der Waals surface area contributed by atoms with Gasteiger partial charge in [0.15, 0.2) is 0 Å². The van der Waals surface area contributed by atoms with E-state index in [9.17, 15) is 28.8 Å². The molecule has 0 N–H and O–H groups in total. The second-order valence-corrected chi connectivity index (χ2v) is 20.1. The Morgan fingerprint density at radius 2 is 0.409 bits per heavy atom. The quantitative estimate of drug-likeness (QED) is 0.0286. The van der Waals surface area contributed by atoms with E-state index in [1.165, 1.54) is 83.1 Å². The predicted molar refractivity (Wildman–Crippen MR) is 243 cm³/mol. The summed E-state index contributed by atoms with van der Waals surface area (Å²) in [5.74, 6) is -6.49. The molecule has 0 unspecified atom stereocenters. The second-order valence-electron chi connectivity index (χ2n) is 13.8. The van der Waals surface area contributed by atoms with E-state index in [0.29, 0.717) is 0 Å². The number of rotatable bonds is 24. The van der Waals surface area contributed by atoms with E-state index in [1.807, 2.05) is 0 Å². The molecule has 0 atom stereocenters. The number of carbonyl (C=O) groups is 6. The molecule has 1 rings (SSSR count). The van der Waals surface area contributed by atoms with Gasteiger partial charge in [0.25, 0.3) is 0 Å². The Hall–Kier alpha value is -6.81. The fourth-order valence-corrected chi connectivity index (χ4v) is 11.9. The van der Waals surface area contributed by atoms with Gasteiger partial charge in [-0.3, -0.25) is 0 Å². The van der Waals surface area contributed by atoms with Crippen molar-refractivity contribution in [1.82, 2.24) is 0 Å². The molecule has 0 aromatic heterocycles. The van der Waals surface area contributed by atoms with Crippen LogP contribution in [-0.4, -0.2) is 35.8 Å². The zero-order chi connectivity index (χ0) is 50.7. The molecule has 360 valence electrons. The third-order valence-electron chi connectivity index (χ3n) is 6.43. The molecule has 0 radical (unpaired) electrons. The lowest BCUT2D eigenvalue weighted by atomic mass is 10.4. The molecule has 66 heavy (non-hydrogen) atoms. The van der Waals surface area contributed by atoms with Gasteiger partial charge in [-0.25, -0.2) is 28.8 Å². The first kappa shape index (κ1) is 57.2. The first-order valence-corrected chi connectivity index (χ1v) is 23.3. The largest absolute Gasteiger partial charge is 0.459 e. The minimum Gasteiger partial charge on any atom is -0.425 e. The number of carbonyl (C=O) groups excluding carboxylic acids is 6. The summed E-state index contributed by atoms with van der Waals surface area (Å²) in [7, 11) is -14.2. The number of allylic oxidation sites excluding steroid dienone is 6. The lowest BCUT2D eigenvalue weighted by Crippen LogP contribution is -2.06. The standard InChI is InChI=1S/C42H54N3O18P3/c1-25(2)37(46)58-31(13)19-52-64(53-20-32(14)59-38(47)26(3)4)43-65(54-21-33(15)60-39(48)27(5)6,55-22-34(16)61-40(49)28(7)8)45-66(44-64,56-23-35(17)62-41(50)29(9)10)57-24-36(18)63-42(51)30(11)12/h19-24H,1,3,5,7,9,11H2,2,4,6,8,10,12-18H3/b31-19+,32-20+,33-21+,34-22+,35-23+,36-24+. The molecule has 0 aromatic rings. The van der Waals surface area contributed by atoms with Crippen LogP contribution in [0.3, 0.4) is 0 Å². The van der Waals surface area contributed by atoms with E-state index >= 15 is 0 Å². The first-order chi connectivity index (χ1) is 30.4. The fourth-order valence-electron chi connectivity index (χ4n) is 3.21. The molecule has 0 saturated heterocycles. The summed E-state index contributed by atoms with van der Waals surface area (Å²) in [6, 6.07) is 0. The molecule has 0 amide bonds. The Labute approximate surface area is 383 Å². The van der Waals surface area contributed by atoms with E-state index in [0.717, 1.165) is 37.6 Å². The average molecular weight is 982 g/mol. The van der Waals surface area contributed by atoms with Gasteiger partial charge in [0, 0.05) is 33.4 Å². The summed E-state index contributed by atoms with van der Waals surface area (Å²) in [5.41, 5.74) is 0.0764. The van der Waals surface area contributed by atoms with Crippen LogP contribution in [0.1, 0.15) is 83.1 Å². The number of esters is 6. The molecule has 0 spiro atoms. The van der Waals surface area contributed by atoms with Gasteiger partial charge in [0.1, 0.15) is 72.1 Å². The highest BCUT2D eigenvalue weighted by molar-refractivity contribution is 7.78. The topological polar surface area (TPSA) is 250 Å². The van der Waals surface area contributed by atoms with Gasteiger partial charge in [-0.15, -0.1) is 0 Å². The van der Waals surface area contributed by atoms with Crippen molar-refractivity contribution in [3.8, 4) is 0 Å². The Morgan fingerprint density at radius 3 is 0.515 bits per heavy atom. The van der Waals surface area contributed by atoms with Crippen molar-refractivity contribution < 1.29 is 84.3 Å². The lowest BCUT2D eigenvalue weighted by molar-refractivity contribution is -0.135. The van der Waals surface area contributed by atoms with Gasteiger partial charge >= 0.3 is 58.8 Å². The summed E-state index contributed by atoms with van der Waals surface area (Å²) in [6.45, 7) is 37.5. The number of hydrogen-bond donors (Lipinski definition) is 0. The summed E-state index contributed by atoms with van der Waals surface area (Å²) in [4.78, 5) is 75.0. The van der Waals surface area contributed by atoms with Gasteiger partial charge in [-0.05, 0) is 83.1 Å². The molecule has 1 aliphatic heterocycles. The van der Waals surface area contributed by atoms with Crippen LogP contribution in [-0.2, 0) is 84.3 Å². The summed E-state index contributed by atoms with van der Waals surface area (Å²) < 4.78 is 82.3. The molecule has 0 aliphatic carbocycles. The Kier molecular flexibility index (Phi) is 22.2. The van der Waals surface area contributed by atoms with Crippen molar-refractivity contribution in [2.45, 2.75) is 83.1 Å². The van der Waals surface area contributed by atoms with E-state index in [4.69, 9.17) is 55.6 Å². The maximum Gasteiger partial charge on any atom is 0.459 e. The van der Waals surface area contributed by atoms with Gasteiger partial charge in [0.05, 0.1) is 0 Å². The summed E-state index contributed by atoms with van der Waals surface area (Å²) >= 11 is 0. The third kappa shape index (κ3) is 19.9. The molecule has 24 heteroatoms. The molecule has 1 aliphatic rings. The van der Waals surface area contributed by atoms with Gasteiger partial charge in [-0.2, -0.15) is 0 Å². The van der Waals surface area contributed by atoms with Gasteiger partial charge < -0.3 is 55.6 Å². The zero-order valence-corrected chi connectivity index (χ0v) is 41.4. The van der Waals surface area contributed by atoms with Gasteiger partial charge in [0.2, 0.25) is 0 Å². The van der Waals surface area contributed by atoms with Crippen LogP contribution in [0.15, 0.2) is 159 Å². The second kappa shape index (κ2) is 25.6. The van der Waals surface area contributed by atoms with E-state index in [2.05, 4.69) is 53.0 Å². The van der Waals surface area contributed by atoms with Crippen LogP contribution in [0, 0.1) is 0 Å². The van der Waals surface area contributed by atoms with Crippen molar-refractivity contribution in [1.29, 1.82) is 0 Å². The van der Waals surface area contributed by atoms with E-state index in [-0.39, 0.29) is 68.0 Å². The Morgan fingerprint density at radius 1 is 0.288 bits per heavy atom. The minimum atomic E-state index is -4.72. The van der Waals surface area contributed by atoms with Crippen LogP contribution < -0.4 is 0 Å². The maximum atomic E-state index is 12.5. The lowest BCUT2D eigenvalue weighted by Gasteiger charge is -2.30. The third-order valence-corrected chi connectivity index (χ3v) is 14.1. The molecule has 0 saturated carbocycles. The van der Waals surface area contributed by atoms with Crippen molar-refractivity contribution in [3.63, 3.8) is 0 Å². The van der Waals surface area contributed by atoms with Crippen LogP contribution in [0.25, 0.3) is 0 Å². The van der Waals surface area contributed by atoms with Crippen LogP contribution in [0.5, 0.6) is 0 Å². The highest BCUT2D eigenvalue weighted by Crippen LogP contribution is 2.81. The molecule has 1 heterocycles. The van der Waals surface area contributed by atoms with Crippen LogP contribution in [0.4, 0.5) is 0 Å². The van der Waals surface area contributed by atoms with Crippen molar-refractivity contribution in [2.75, 3.05) is 0 Å². The fraction of sp³-hybridized carbons (Fsp3) is 0.286. The Balaban J connectivity index is 4.86. The predicted octanol–water partition coefficient (Wildman–Crippen LogP) is 11.8. The van der Waals surface area contributed by atoms with Crippen molar-refractivity contribution in [2.24, 2.45) is 13.5 Å². The minimum absolute atomic E-state index is 0.0127. The summed E-state index contributed by atoms with van der Waals surface area (Å²) in [6.07, 6.45) is 5.14. The SMILES string of the molecule is C=C(C)C(=O)O/C(C)=C/OP1(O/C=C(\C)OC(=O)C(=C)C)=NP(O/C=C(\C)OC(=O)C(=C)C)(O/C=C(\C)OC(=O)C(=C)C)=NP(O/C=C(\C)OC(=O)C(=C)C)(O/C=C(\C)OC(=O)C(=C)C)=N1. The van der Waals surface area contributed by atoms with Crippen LogP contribution >= 0.6 is 23.0 Å². The van der Waals surface area contributed by atoms with E-state index < -0.39 is 58.8 Å². The average Bonchev–Trinajstić information content (AvgIpc) is 3.22. The van der Waals surface area contributed by atoms with Crippen molar-refractivity contribution in [3.05, 3.63) is 145 Å². The zero-order valence-electron chi connectivity index (χ0n) is 38.7. The maximum absolute atomic E-state index is 12.5. The Bertz CT molecular complexity index is 2030. The molecular formula is C42H54N3O18P3. The highest BCUT2D eigenvalue weighted by Gasteiger charge is 2.47. The van der Waals surface area contributed by atoms with E-state index in [1.54, 1.807) is 0 Å². The molecule has 21 nitrogen and oxygen atoms in total. The smallest absolute Gasteiger partial charge is 0.425 e. The first-order valence-electron chi connectivity index (χ1n) is 18.7. The van der Waals surface area contributed by atoms with Gasteiger partial charge in [-0.1, -0.05) is 53.0 Å². The molecule has 0 aromatic carbocycles. The van der Waals surface area contributed by atoms with Crippen molar-refractivity contribution >= 4 is 58.8 Å². The molecular weight excluding hydrogens is 927 g/mol. The number of hydrogen-bond acceptors (Lipinski definition) is 21. The molecule has 0 bridgehead atoms. The number of ether oxygens (including phenoxy) is 6. The number of nitrogens with zero attached hydrogens (tertiary/aromatic N) is 3.